The van der Waals surface area contributed by atoms with Crippen molar-refractivity contribution in [2.24, 2.45) is 5.92 Å². The van der Waals surface area contributed by atoms with E-state index in [0.29, 0.717) is 5.92 Å². The fourth-order valence-electron chi connectivity index (χ4n) is 4.83. The molecule has 25 heavy (non-hydrogen) atoms. The molecule has 0 N–H and O–H groups in total. The van der Waals surface area contributed by atoms with E-state index in [1.807, 2.05) is 6.07 Å². The summed E-state index contributed by atoms with van der Waals surface area (Å²) in [5.74, 6) is 0.0810. The Balaban J connectivity index is 1.51. The van der Waals surface area contributed by atoms with Crippen LogP contribution in [0, 0.1) is 5.92 Å². The van der Waals surface area contributed by atoms with Crippen LogP contribution in [0.3, 0.4) is 0 Å². The summed E-state index contributed by atoms with van der Waals surface area (Å²) in [4.78, 5) is 12.1. The molecule has 3 fully saturated rings. The van der Waals surface area contributed by atoms with Gasteiger partial charge in [0.15, 0.2) is 5.60 Å². The zero-order valence-electron chi connectivity index (χ0n) is 14.6. The molecule has 0 amide bonds. The second-order valence-corrected chi connectivity index (χ2v) is 7.71. The van der Waals surface area contributed by atoms with E-state index in [0.717, 1.165) is 31.2 Å². The number of fused-ring (bicyclic) bond motifs is 1. The predicted molar refractivity (Wildman–Crippen MR) is 94.7 cm³/mol. The molecule has 3 aliphatic rings. The highest BCUT2D eigenvalue weighted by Crippen LogP contribution is 2.67. The average Bonchev–Trinajstić information content (AvgIpc) is 3.12. The third kappa shape index (κ3) is 2.30. The maximum absolute atomic E-state index is 6.57. The van der Waals surface area contributed by atoms with Crippen molar-refractivity contribution in [2.45, 2.75) is 56.0 Å². The van der Waals surface area contributed by atoms with Gasteiger partial charge in [0.25, 0.3) is 0 Å². The second-order valence-electron chi connectivity index (χ2n) is 7.71. The Morgan fingerprint density at radius 3 is 2.20 bits per heavy atom. The molecule has 0 radical (unpaired) electrons. The molecule has 3 heteroatoms. The van der Waals surface area contributed by atoms with Gasteiger partial charge >= 0.3 is 0 Å². The maximum Gasteiger partial charge on any atom is 0.202 e. The first-order chi connectivity index (χ1) is 12.3. The fraction of sp³-hybridized carbons (Fsp3) is 0.455. The van der Waals surface area contributed by atoms with Gasteiger partial charge in [0.2, 0.25) is 5.79 Å². The topological polar surface area (TPSA) is 27.7 Å². The van der Waals surface area contributed by atoms with Crippen LogP contribution < -0.4 is 0 Å². The van der Waals surface area contributed by atoms with Crippen LogP contribution in [0.2, 0.25) is 0 Å². The number of rotatable bonds is 3. The largest absolute Gasteiger partial charge is 0.340 e. The van der Waals surface area contributed by atoms with E-state index in [-0.39, 0.29) is 12.0 Å². The normalized spacial score (nSPS) is 33.8. The molecule has 2 aromatic carbocycles. The minimum absolute atomic E-state index is 0.0527. The molecule has 0 bridgehead atoms. The van der Waals surface area contributed by atoms with E-state index in [1.165, 1.54) is 5.56 Å². The lowest BCUT2D eigenvalue weighted by Crippen LogP contribution is -2.42. The van der Waals surface area contributed by atoms with Gasteiger partial charge in [-0.1, -0.05) is 67.6 Å². The first-order valence-electron chi connectivity index (χ1n) is 9.40. The first-order valence-corrected chi connectivity index (χ1v) is 9.40. The Labute approximate surface area is 148 Å². The molecule has 2 aliphatic carbocycles. The van der Waals surface area contributed by atoms with Crippen molar-refractivity contribution in [3.05, 3.63) is 71.8 Å². The Morgan fingerprint density at radius 2 is 1.52 bits per heavy atom. The summed E-state index contributed by atoms with van der Waals surface area (Å²) < 4.78 is 6.57. The molecule has 1 spiro atoms. The second kappa shape index (κ2) is 5.66. The summed E-state index contributed by atoms with van der Waals surface area (Å²) in [7, 11) is 0. The highest BCUT2D eigenvalue weighted by Gasteiger charge is 2.76. The maximum atomic E-state index is 6.57. The van der Waals surface area contributed by atoms with Gasteiger partial charge in [-0.3, -0.25) is 0 Å². The highest BCUT2D eigenvalue weighted by molar-refractivity contribution is 5.39. The van der Waals surface area contributed by atoms with Gasteiger partial charge in [-0.15, -0.1) is 0 Å². The van der Waals surface area contributed by atoms with Crippen LogP contribution in [-0.4, -0.2) is 11.9 Å². The minimum Gasteiger partial charge on any atom is -0.340 e. The molecule has 4 atom stereocenters. The van der Waals surface area contributed by atoms with Crippen molar-refractivity contribution in [3.63, 3.8) is 0 Å². The zero-order valence-corrected chi connectivity index (χ0v) is 14.6. The molecule has 5 rings (SSSR count). The van der Waals surface area contributed by atoms with E-state index < -0.39 is 11.4 Å². The van der Waals surface area contributed by atoms with E-state index in [2.05, 4.69) is 61.5 Å². The van der Waals surface area contributed by atoms with Gasteiger partial charge in [-0.05, 0) is 29.9 Å². The molecule has 1 saturated heterocycles. The van der Waals surface area contributed by atoms with Crippen molar-refractivity contribution < 1.29 is 14.5 Å². The number of ether oxygens (including phenoxy) is 1. The van der Waals surface area contributed by atoms with Crippen LogP contribution in [0.4, 0.5) is 0 Å². The van der Waals surface area contributed by atoms with Gasteiger partial charge < -0.3 is 4.74 Å². The van der Waals surface area contributed by atoms with Gasteiger partial charge in [0, 0.05) is 18.8 Å². The average molecular weight is 336 g/mol. The van der Waals surface area contributed by atoms with E-state index in [1.54, 1.807) is 0 Å². The Kier molecular flexibility index (Phi) is 3.53. The molecule has 1 aliphatic heterocycles. The van der Waals surface area contributed by atoms with Gasteiger partial charge in [-0.2, -0.15) is 0 Å². The van der Waals surface area contributed by atoms with Crippen molar-refractivity contribution in [1.82, 2.24) is 0 Å². The van der Waals surface area contributed by atoms with Gasteiger partial charge in [-0.25, -0.2) is 9.78 Å². The van der Waals surface area contributed by atoms with E-state index in [4.69, 9.17) is 14.5 Å². The fourth-order valence-corrected chi connectivity index (χ4v) is 4.83. The van der Waals surface area contributed by atoms with Crippen molar-refractivity contribution >= 4 is 0 Å². The summed E-state index contributed by atoms with van der Waals surface area (Å²) in [5.41, 5.74) is 2.00. The van der Waals surface area contributed by atoms with Crippen LogP contribution >= 0.6 is 0 Å². The summed E-state index contributed by atoms with van der Waals surface area (Å²) >= 11 is 0. The third-order valence-corrected chi connectivity index (χ3v) is 6.26. The molecule has 1 heterocycles. The molecule has 2 saturated carbocycles. The summed E-state index contributed by atoms with van der Waals surface area (Å²) in [6.45, 7) is 2.27. The van der Waals surface area contributed by atoms with Crippen LogP contribution in [0.15, 0.2) is 60.7 Å². The number of benzene rings is 2. The molecule has 0 aromatic heterocycles. The van der Waals surface area contributed by atoms with Crippen molar-refractivity contribution in [1.29, 1.82) is 0 Å². The number of hydrogen-bond acceptors (Lipinski definition) is 3. The Hall–Kier alpha value is -1.68. The summed E-state index contributed by atoms with van der Waals surface area (Å²) in [5, 5.41) is 0. The van der Waals surface area contributed by atoms with E-state index >= 15 is 0 Å². The van der Waals surface area contributed by atoms with Crippen LogP contribution in [0.1, 0.15) is 49.7 Å². The molecular formula is C22H24O3. The van der Waals surface area contributed by atoms with Gasteiger partial charge in [0.05, 0.1) is 0 Å². The molecule has 2 unspecified atom stereocenters. The SMILES string of the molecule is CC(c1ccccc1)C1[C@H]2OC3(CCCC3)OO[C@@]12c1ccccc1. The highest BCUT2D eigenvalue weighted by atomic mass is 17.3. The lowest BCUT2D eigenvalue weighted by Gasteiger charge is -2.35. The monoisotopic (exact) mass is 336 g/mol. The van der Waals surface area contributed by atoms with Gasteiger partial charge in [0.1, 0.15) is 6.10 Å². The number of hydrogen-bond donors (Lipinski definition) is 0. The molecule has 2 aromatic rings. The minimum atomic E-state index is -0.520. The smallest absolute Gasteiger partial charge is 0.202 e. The lowest BCUT2D eigenvalue weighted by atomic mass is 9.92. The standard InChI is InChI=1S/C22H24O3/c1-16(17-10-4-2-5-11-17)19-20-22(19,18-12-6-3-7-13-18)25-24-21(23-20)14-8-9-15-21/h2-7,10-13,16,19-20H,8-9,14-15H2,1H3/t16?,19?,20-,22+/m1/s1. The molecule has 3 nitrogen and oxygen atoms in total. The van der Waals surface area contributed by atoms with Crippen LogP contribution in [0.5, 0.6) is 0 Å². The third-order valence-electron chi connectivity index (χ3n) is 6.26. The molecule has 130 valence electrons. The van der Waals surface area contributed by atoms with Crippen LogP contribution in [0.25, 0.3) is 0 Å². The Morgan fingerprint density at radius 1 is 0.880 bits per heavy atom. The molecular weight excluding hydrogens is 312 g/mol. The Bertz CT molecular complexity index is 738. The lowest BCUT2D eigenvalue weighted by molar-refractivity contribution is -0.491. The summed E-state index contributed by atoms with van der Waals surface area (Å²) in [6.07, 6.45) is 4.21. The quantitative estimate of drug-likeness (QED) is 0.744. The van der Waals surface area contributed by atoms with E-state index in [9.17, 15) is 0 Å². The summed E-state index contributed by atoms with van der Waals surface area (Å²) in [6, 6.07) is 21.1. The zero-order chi connectivity index (χ0) is 16.9. The van der Waals surface area contributed by atoms with Crippen molar-refractivity contribution in [3.8, 4) is 0 Å². The first kappa shape index (κ1) is 15.6. The predicted octanol–water partition coefficient (Wildman–Crippen LogP) is 4.93. The van der Waals surface area contributed by atoms with Crippen molar-refractivity contribution in [2.75, 3.05) is 0 Å². The van der Waals surface area contributed by atoms with Crippen LogP contribution in [-0.2, 0) is 20.1 Å².